The molecule has 1 aromatic rings. The Labute approximate surface area is 105 Å². The summed E-state index contributed by atoms with van der Waals surface area (Å²) in [4.78, 5) is 0. The molecule has 0 saturated carbocycles. The van der Waals surface area contributed by atoms with E-state index in [9.17, 15) is 0 Å². The Bertz CT molecular complexity index is 311. The molecule has 1 N–H and O–H groups in total. The average molecular weight is 235 g/mol. The number of hydrogen-bond donors (Lipinski definition) is 1. The lowest BCUT2D eigenvalue weighted by molar-refractivity contribution is 0.314. The van der Waals surface area contributed by atoms with Crippen molar-refractivity contribution in [1.29, 1.82) is 0 Å². The van der Waals surface area contributed by atoms with Gasteiger partial charge in [0, 0.05) is 6.54 Å². The minimum atomic E-state index is 0.210. The molecule has 0 amide bonds. The highest BCUT2D eigenvalue weighted by molar-refractivity contribution is 5.31. The lowest BCUT2D eigenvalue weighted by Gasteiger charge is -2.19. The molecule has 0 aliphatic carbocycles. The predicted molar refractivity (Wildman–Crippen MR) is 73.8 cm³/mol. The van der Waals surface area contributed by atoms with Crippen LogP contribution in [0.4, 0.5) is 0 Å². The Morgan fingerprint density at radius 3 is 2.24 bits per heavy atom. The van der Waals surface area contributed by atoms with Crippen LogP contribution in [-0.2, 0) is 5.41 Å². The molecule has 1 rings (SSSR count). The van der Waals surface area contributed by atoms with Crippen LogP contribution < -0.4 is 10.1 Å². The highest BCUT2D eigenvalue weighted by Crippen LogP contribution is 2.24. The standard InChI is InChI=1S/C15H25NO/c1-5-10-16-11-12-17-14-8-6-13(7-9-14)15(2,3)4/h6-9,16H,5,10-12H2,1-4H3. The summed E-state index contributed by atoms with van der Waals surface area (Å²) in [6.45, 7) is 11.5. The molecule has 0 heterocycles. The van der Waals surface area contributed by atoms with Crippen molar-refractivity contribution in [2.24, 2.45) is 0 Å². The molecule has 0 aromatic heterocycles. The lowest BCUT2D eigenvalue weighted by Crippen LogP contribution is -2.21. The van der Waals surface area contributed by atoms with Gasteiger partial charge in [-0.05, 0) is 36.1 Å². The summed E-state index contributed by atoms with van der Waals surface area (Å²) in [7, 11) is 0. The zero-order valence-electron chi connectivity index (χ0n) is 11.5. The smallest absolute Gasteiger partial charge is 0.119 e. The van der Waals surface area contributed by atoms with Crippen molar-refractivity contribution in [3.8, 4) is 5.75 Å². The van der Waals surface area contributed by atoms with Gasteiger partial charge in [-0.1, -0.05) is 39.8 Å². The summed E-state index contributed by atoms with van der Waals surface area (Å²) in [6.07, 6.45) is 1.17. The van der Waals surface area contributed by atoms with Gasteiger partial charge in [-0.25, -0.2) is 0 Å². The van der Waals surface area contributed by atoms with Crippen molar-refractivity contribution in [2.75, 3.05) is 19.7 Å². The van der Waals surface area contributed by atoms with E-state index in [-0.39, 0.29) is 5.41 Å². The summed E-state index contributed by atoms with van der Waals surface area (Å²) < 4.78 is 5.66. The third-order valence-electron chi connectivity index (χ3n) is 2.69. The van der Waals surface area contributed by atoms with E-state index in [1.54, 1.807) is 0 Å². The summed E-state index contributed by atoms with van der Waals surface area (Å²) in [5.41, 5.74) is 1.55. The van der Waals surface area contributed by atoms with Gasteiger partial charge in [0.05, 0.1) is 0 Å². The first kappa shape index (κ1) is 14.0. The quantitative estimate of drug-likeness (QED) is 0.763. The van der Waals surface area contributed by atoms with E-state index < -0.39 is 0 Å². The van der Waals surface area contributed by atoms with E-state index in [2.05, 4.69) is 57.3 Å². The molecule has 2 heteroatoms. The van der Waals surface area contributed by atoms with Gasteiger partial charge in [-0.3, -0.25) is 0 Å². The molecular formula is C15H25NO. The maximum Gasteiger partial charge on any atom is 0.119 e. The van der Waals surface area contributed by atoms with Gasteiger partial charge in [0.15, 0.2) is 0 Å². The van der Waals surface area contributed by atoms with Gasteiger partial charge in [0.2, 0.25) is 0 Å². The van der Waals surface area contributed by atoms with Crippen LogP contribution in [0, 0.1) is 0 Å². The molecule has 0 spiro atoms. The molecule has 0 unspecified atom stereocenters. The van der Waals surface area contributed by atoms with E-state index >= 15 is 0 Å². The average Bonchev–Trinajstić information content (AvgIpc) is 2.28. The number of ether oxygens (including phenoxy) is 1. The Morgan fingerprint density at radius 1 is 1.06 bits per heavy atom. The second-order valence-electron chi connectivity index (χ2n) is 5.37. The molecule has 0 atom stereocenters. The second-order valence-corrected chi connectivity index (χ2v) is 5.37. The molecule has 96 valence electrons. The van der Waals surface area contributed by atoms with Crippen LogP contribution in [-0.4, -0.2) is 19.7 Å². The molecule has 1 aromatic carbocycles. The van der Waals surface area contributed by atoms with Gasteiger partial charge in [0.25, 0.3) is 0 Å². The molecule has 2 nitrogen and oxygen atoms in total. The predicted octanol–water partition coefficient (Wildman–Crippen LogP) is 3.36. The van der Waals surface area contributed by atoms with Gasteiger partial charge in [-0.15, -0.1) is 0 Å². The highest BCUT2D eigenvalue weighted by atomic mass is 16.5. The van der Waals surface area contributed by atoms with E-state index in [1.165, 1.54) is 12.0 Å². The molecule has 0 radical (unpaired) electrons. The summed E-state index contributed by atoms with van der Waals surface area (Å²) in [5, 5.41) is 3.32. The molecule has 0 bridgehead atoms. The lowest BCUT2D eigenvalue weighted by atomic mass is 9.87. The Kier molecular flexibility index (Phi) is 5.49. The van der Waals surface area contributed by atoms with Crippen molar-refractivity contribution in [1.82, 2.24) is 5.32 Å². The monoisotopic (exact) mass is 235 g/mol. The van der Waals surface area contributed by atoms with Crippen LogP contribution >= 0.6 is 0 Å². The zero-order valence-corrected chi connectivity index (χ0v) is 11.5. The van der Waals surface area contributed by atoms with Gasteiger partial charge >= 0.3 is 0 Å². The van der Waals surface area contributed by atoms with Crippen molar-refractivity contribution < 1.29 is 4.74 Å². The Morgan fingerprint density at radius 2 is 1.71 bits per heavy atom. The van der Waals surface area contributed by atoms with E-state index in [4.69, 9.17) is 4.74 Å². The minimum absolute atomic E-state index is 0.210. The van der Waals surface area contributed by atoms with Crippen LogP contribution in [0.25, 0.3) is 0 Å². The number of benzene rings is 1. The van der Waals surface area contributed by atoms with Crippen molar-refractivity contribution in [2.45, 2.75) is 39.5 Å². The Hall–Kier alpha value is -1.02. The third kappa shape index (κ3) is 5.22. The van der Waals surface area contributed by atoms with E-state index in [1.807, 2.05) is 0 Å². The van der Waals surface area contributed by atoms with Gasteiger partial charge in [-0.2, -0.15) is 0 Å². The fourth-order valence-electron chi connectivity index (χ4n) is 1.59. The summed E-state index contributed by atoms with van der Waals surface area (Å²) in [5.74, 6) is 0.955. The van der Waals surface area contributed by atoms with Crippen LogP contribution in [0.3, 0.4) is 0 Å². The van der Waals surface area contributed by atoms with Crippen molar-refractivity contribution in [3.05, 3.63) is 29.8 Å². The zero-order chi connectivity index (χ0) is 12.7. The van der Waals surface area contributed by atoms with Crippen LogP contribution in [0.1, 0.15) is 39.7 Å². The second kappa shape index (κ2) is 6.65. The largest absolute Gasteiger partial charge is 0.492 e. The van der Waals surface area contributed by atoms with Crippen LogP contribution in [0.15, 0.2) is 24.3 Å². The molecule has 17 heavy (non-hydrogen) atoms. The fraction of sp³-hybridized carbons (Fsp3) is 0.600. The first-order chi connectivity index (χ1) is 8.04. The van der Waals surface area contributed by atoms with Gasteiger partial charge < -0.3 is 10.1 Å². The first-order valence-corrected chi connectivity index (χ1v) is 6.48. The summed E-state index contributed by atoms with van der Waals surface area (Å²) >= 11 is 0. The van der Waals surface area contributed by atoms with Crippen molar-refractivity contribution in [3.63, 3.8) is 0 Å². The third-order valence-corrected chi connectivity index (χ3v) is 2.69. The molecule has 0 aliphatic rings. The number of nitrogens with one attached hydrogen (secondary N) is 1. The molecule has 0 aliphatic heterocycles. The minimum Gasteiger partial charge on any atom is -0.492 e. The SMILES string of the molecule is CCCNCCOc1ccc(C(C)(C)C)cc1. The maximum atomic E-state index is 5.66. The molecule has 0 fully saturated rings. The van der Waals surface area contributed by atoms with Crippen molar-refractivity contribution >= 4 is 0 Å². The van der Waals surface area contributed by atoms with Crippen LogP contribution in [0.5, 0.6) is 5.75 Å². The number of hydrogen-bond acceptors (Lipinski definition) is 2. The summed E-state index contributed by atoms with van der Waals surface area (Å²) in [6, 6.07) is 8.41. The normalized spacial score (nSPS) is 11.5. The highest BCUT2D eigenvalue weighted by Gasteiger charge is 2.12. The topological polar surface area (TPSA) is 21.3 Å². The number of rotatable bonds is 6. The van der Waals surface area contributed by atoms with E-state index in [0.717, 1.165) is 25.4 Å². The van der Waals surface area contributed by atoms with Crippen LogP contribution in [0.2, 0.25) is 0 Å². The maximum absolute atomic E-state index is 5.66. The Balaban J connectivity index is 2.36. The molecular weight excluding hydrogens is 210 g/mol. The van der Waals surface area contributed by atoms with E-state index in [0.29, 0.717) is 0 Å². The van der Waals surface area contributed by atoms with Gasteiger partial charge in [0.1, 0.15) is 12.4 Å². The fourth-order valence-corrected chi connectivity index (χ4v) is 1.59. The molecule has 0 saturated heterocycles. The first-order valence-electron chi connectivity index (χ1n) is 6.48.